The van der Waals surface area contributed by atoms with Crippen LogP contribution in [0.5, 0.6) is 5.75 Å². The topological polar surface area (TPSA) is 44.1 Å². The van der Waals surface area contributed by atoms with Gasteiger partial charge in [-0.3, -0.25) is 9.36 Å². The summed E-state index contributed by atoms with van der Waals surface area (Å²) in [7, 11) is 0. The zero-order valence-corrected chi connectivity index (χ0v) is 18.6. The van der Waals surface area contributed by atoms with E-state index in [2.05, 4.69) is 0 Å². The molecule has 2 aromatic heterocycles. The van der Waals surface area contributed by atoms with Crippen LogP contribution in [0.25, 0.3) is 15.9 Å². The van der Waals surface area contributed by atoms with Gasteiger partial charge < -0.3 is 4.74 Å². The van der Waals surface area contributed by atoms with Crippen LogP contribution in [0, 0.1) is 19.7 Å². The number of benzene rings is 2. The van der Waals surface area contributed by atoms with Gasteiger partial charge in [0.25, 0.3) is 5.56 Å². The number of thioether (sulfide) groups is 1. The van der Waals surface area contributed by atoms with Gasteiger partial charge in [-0.1, -0.05) is 30.0 Å². The Morgan fingerprint density at radius 3 is 2.57 bits per heavy atom. The fourth-order valence-corrected chi connectivity index (χ4v) is 5.29. The molecule has 0 spiro atoms. The lowest BCUT2D eigenvalue weighted by Crippen LogP contribution is -2.21. The monoisotopic (exact) mass is 440 g/mol. The van der Waals surface area contributed by atoms with Crippen LogP contribution in [-0.2, 0) is 5.75 Å². The molecule has 0 radical (unpaired) electrons. The fraction of sp³-hybridized carbons (Fsp3) is 0.217. The van der Waals surface area contributed by atoms with E-state index in [1.54, 1.807) is 22.8 Å². The van der Waals surface area contributed by atoms with E-state index in [0.29, 0.717) is 39.0 Å². The first-order chi connectivity index (χ1) is 14.5. The van der Waals surface area contributed by atoms with Crippen LogP contribution in [-0.4, -0.2) is 16.2 Å². The molecule has 0 saturated heterocycles. The summed E-state index contributed by atoms with van der Waals surface area (Å²) in [5, 5.41) is 1.18. The number of halogens is 1. The highest BCUT2D eigenvalue weighted by Gasteiger charge is 2.18. The predicted molar refractivity (Wildman–Crippen MR) is 122 cm³/mol. The van der Waals surface area contributed by atoms with Crippen LogP contribution in [0.4, 0.5) is 4.39 Å². The lowest BCUT2D eigenvalue weighted by Gasteiger charge is -2.13. The van der Waals surface area contributed by atoms with Crippen LogP contribution in [0.3, 0.4) is 0 Å². The Morgan fingerprint density at radius 2 is 1.87 bits per heavy atom. The van der Waals surface area contributed by atoms with Crippen molar-refractivity contribution in [2.75, 3.05) is 6.61 Å². The van der Waals surface area contributed by atoms with E-state index in [1.165, 1.54) is 29.2 Å². The molecule has 0 amide bonds. The summed E-state index contributed by atoms with van der Waals surface area (Å²) in [5.74, 6) is 0.862. The molecule has 4 aromatic rings. The molecule has 0 unspecified atom stereocenters. The molecule has 0 N–H and O–H groups in total. The van der Waals surface area contributed by atoms with E-state index in [4.69, 9.17) is 9.72 Å². The lowest BCUT2D eigenvalue weighted by molar-refractivity contribution is 0.340. The smallest absolute Gasteiger partial charge is 0.267 e. The quantitative estimate of drug-likeness (QED) is 0.277. The van der Waals surface area contributed by atoms with Gasteiger partial charge >= 0.3 is 0 Å². The molecule has 0 saturated carbocycles. The third-order valence-electron chi connectivity index (χ3n) is 4.89. The summed E-state index contributed by atoms with van der Waals surface area (Å²) in [4.78, 5) is 20.1. The molecule has 2 heterocycles. The summed E-state index contributed by atoms with van der Waals surface area (Å²) in [6, 6.07) is 14.0. The van der Waals surface area contributed by atoms with Crippen molar-refractivity contribution >= 4 is 33.3 Å². The summed E-state index contributed by atoms with van der Waals surface area (Å²) < 4.78 is 21.2. The second-order valence-electron chi connectivity index (χ2n) is 6.81. The first kappa shape index (κ1) is 20.6. The first-order valence-electron chi connectivity index (χ1n) is 9.61. The number of rotatable bonds is 6. The zero-order valence-electron chi connectivity index (χ0n) is 16.9. The standard InChI is InChI=1S/C23H21FN2O2S2/c1-4-28-18-11-9-17(10-12-18)26-22(27)20-14(2)15(3)30-21(20)25-23(26)29-13-16-7-5-6-8-19(16)24/h5-12H,4,13H2,1-3H3. The zero-order chi connectivity index (χ0) is 21.3. The molecular formula is C23H21FN2O2S2. The van der Waals surface area contributed by atoms with E-state index >= 15 is 0 Å². The number of thiophene rings is 1. The average Bonchev–Trinajstić information content (AvgIpc) is 3.02. The largest absolute Gasteiger partial charge is 0.494 e. The number of ether oxygens (including phenoxy) is 1. The van der Waals surface area contributed by atoms with Crippen molar-refractivity contribution < 1.29 is 9.13 Å². The molecule has 0 fully saturated rings. The molecule has 0 bridgehead atoms. The van der Waals surface area contributed by atoms with Crippen molar-refractivity contribution in [3.63, 3.8) is 0 Å². The number of aryl methyl sites for hydroxylation is 2. The van der Waals surface area contributed by atoms with Crippen molar-refractivity contribution in [2.24, 2.45) is 0 Å². The minimum absolute atomic E-state index is 0.109. The Hall–Kier alpha value is -2.64. The second-order valence-corrected chi connectivity index (χ2v) is 8.95. The van der Waals surface area contributed by atoms with Gasteiger partial charge in [-0.2, -0.15) is 0 Å². The van der Waals surface area contributed by atoms with E-state index < -0.39 is 0 Å². The highest BCUT2D eigenvalue weighted by Crippen LogP contribution is 2.31. The molecule has 7 heteroatoms. The number of nitrogens with zero attached hydrogens (tertiary/aromatic N) is 2. The SMILES string of the molecule is CCOc1ccc(-n2c(SCc3ccccc3F)nc3sc(C)c(C)c3c2=O)cc1. The molecule has 4 rings (SSSR count). The molecular weight excluding hydrogens is 419 g/mol. The average molecular weight is 441 g/mol. The van der Waals surface area contributed by atoms with Crippen molar-refractivity contribution in [1.29, 1.82) is 0 Å². The third-order valence-corrected chi connectivity index (χ3v) is 6.98. The Labute approximate surface area is 182 Å². The normalized spacial score (nSPS) is 11.2. The molecule has 4 nitrogen and oxygen atoms in total. The van der Waals surface area contributed by atoms with Crippen LogP contribution < -0.4 is 10.3 Å². The first-order valence-corrected chi connectivity index (χ1v) is 11.4. The lowest BCUT2D eigenvalue weighted by atomic mass is 10.2. The number of hydrogen-bond donors (Lipinski definition) is 0. The van der Waals surface area contributed by atoms with Gasteiger partial charge in [0, 0.05) is 10.6 Å². The fourth-order valence-electron chi connectivity index (χ4n) is 3.22. The van der Waals surface area contributed by atoms with Gasteiger partial charge in [-0.15, -0.1) is 11.3 Å². The Balaban J connectivity index is 1.84. The summed E-state index contributed by atoms with van der Waals surface area (Å²) >= 11 is 2.87. The van der Waals surface area contributed by atoms with Crippen molar-refractivity contribution in [2.45, 2.75) is 31.7 Å². The van der Waals surface area contributed by atoms with Crippen LogP contribution in [0.1, 0.15) is 22.9 Å². The van der Waals surface area contributed by atoms with Gasteiger partial charge in [-0.05, 0) is 62.2 Å². The van der Waals surface area contributed by atoms with Gasteiger partial charge in [0.15, 0.2) is 5.16 Å². The molecule has 30 heavy (non-hydrogen) atoms. The van der Waals surface area contributed by atoms with Crippen molar-refractivity contribution in [3.8, 4) is 11.4 Å². The molecule has 0 aliphatic rings. The third kappa shape index (κ3) is 3.87. The minimum atomic E-state index is -0.260. The van der Waals surface area contributed by atoms with Crippen LogP contribution in [0.15, 0.2) is 58.5 Å². The Kier molecular flexibility index (Phi) is 5.92. The maximum absolute atomic E-state index is 14.1. The molecule has 154 valence electrons. The number of aromatic nitrogens is 2. The molecule has 0 atom stereocenters. The van der Waals surface area contributed by atoms with Gasteiger partial charge in [0.2, 0.25) is 0 Å². The number of fused-ring (bicyclic) bond motifs is 1. The van der Waals surface area contributed by atoms with Crippen molar-refractivity contribution in [1.82, 2.24) is 9.55 Å². The minimum Gasteiger partial charge on any atom is -0.494 e. The molecule has 0 aliphatic heterocycles. The molecule has 2 aromatic carbocycles. The predicted octanol–water partition coefficient (Wildman–Crippen LogP) is 5.89. The van der Waals surface area contributed by atoms with Crippen molar-refractivity contribution in [3.05, 3.63) is 80.7 Å². The summed E-state index contributed by atoms with van der Waals surface area (Å²) in [6.45, 7) is 6.44. The second kappa shape index (κ2) is 8.62. The highest BCUT2D eigenvalue weighted by atomic mass is 32.2. The maximum atomic E-state index is 14.1. The van der Waals surface area contributed by atoms with E-state index in [-0.39, 0.29) is 11.4 Å². The van der Waals surface area contributed by atoms with E-state index in [1.807, 2.05) is 45.0 Å². The Bertz CT molecular complexity index is 1260. The Morgan fingerprint density at radius 1 is 1.13 bits per heavy atom. The summed E-state index contributed by atoms with van der Waals surface area (Å²) in [5.41, 5.74) is 2.13. The van der Waals surface area contributed by atoms with Crippen LogP contribution in [0.2, 0.25) is 0 Å². The van der Waals surface area contributed by atoms with E-state index in [9.17, 15) is 9.18 Å². The van der Waals surface area contributed by atoms with Gasteiger partial charge in [0.05, 0.1) is 17.7 Å². The highest BCUT2D eigenvalue weighted by molar-refractivity contribution is 7.98. The van der Waals surface area contributed by atoms with Crippen LogP contribution >= 0.6 is 23.1 Å². The maximum Gasteiger partial charge on any atom is 0.267 e. The van der Waals surface area contributed by atoms with Gasteiger partial charge in [0.1, 0.15) is 16.4 Å². The summed E-state index contributed by atoms with van der Waals surface area (Å²) in [6.07, 6.45) is 0. The number of hydrogen-bond acceptors (Lipinski definition) is 5. The van der Waals surface area contributed by atoms with Gasteiger partial charge in [-0.25, -0.2) is 9.37 Å². The molecule has 0 aliphatic carbocycles. The van der Waals surface area contributed by atoms with E-state index in [0.717, 1.165) is 16.2 Å².